The van der Waals surface area contributed by atoms with E-state index in [1.807, 2.05) is 0 Å². The minimum Gasteiger partial charge on any atom is -0.295 e. The van der Waals surface area contributed by atoms with E-state index in [-0.39, 0.29) is 40.8 Å². The molecule has 4 saturated carbocycles. The van der Waals surface area contributed by atoms with Crippen LogP contribution in [-0.2, 0) is 29.0 Å². The van der Waals surface area contributed by atoms with Crippen LogP contribution in [0.1, 0.15) is 127 Å². The third kappa shape index (κ3) is 5.73. The second-order valence-electron chi connectivity index (χ2n) is 16.8. The molecule has 0 saturated heterocycles. The third-order valence-corrected chi connectivity index (χ3v) is 13.7. The highest BCUT2D eigenvalue weighted by atomic mass is 17.2. The number of rotatable bonds is 3. The lowest BCUT2D eigenvalue weighted by molar-refractivity contribution is -0.267. The number of hydrogen-bond donors (Lipinski definition) is 1. The molecule has 0 aromatic carbocycles. The predicted molar refractivity (Wildman–Crippen MR) is 178 cm³/mol. The Morgan fingerprint density at radius 3 is 2.15 bits per heavy atom. The molecule has 0 bridgehead atoms. The Morgan fingerprint density at radius 2 is 1.53 bits per heavy atom. The molecule has 1 N–H and O–H groups in total. The van der Waals surface area contributed by atoms with E-state index in [1.165, 1.54) is 46.0 Å². The molecule has 5 aliphatic carbocycles. The molecule has 1 aromatic rings. The topological polar surface area (TPSA) is 125 Å². The maximum absolute atomic E-state index is 13.6. The number of carbonyl (C=O) groups excluding carboxylic acids is 4. The molecule has 0 unspecified atom stereocenters. The van der Waals surface area contributed by atoms with Crippen molar-refractivity contribution in [2.24, 2.45) is 50.7 Å². The summed E-state index contributed by atoms with van der Waals surface area (Å²) in [5.41, 5.74) is 1.78. The summed E-state index contributed by atoms with van der Waals surface area (Å²) in [7, 11) is 0. The number of aromatic nitrogens is 2. The summed E-state index contributed by atoms with van der Waals surface area (Å²) in [6, 6.07) is 1.69. The molecule has 4 fully saturated rings. The fraction of sp³-hybridized carbons (Fsp3) is 0.737. The molecule has 9 heteroatoms. The van der Waals surface area contributed by atoms with Crippen molar-refractivity contribution in [1.82, 2.24) is 9.97 Å². The Morgan fingerprint density at radius 1 is 0.851 bits per heavy atom. The first-order chi connectivity index (χ1) is 21.9. The number of allylic oxidation sites excluding steroid dienone is 1. The van der Waals surface area contributed by atoms with Crippen molar-refractivity contribution >= 4 is 29.6 Å². The van der Waals surface area contributed by atoms with E-state index in [9.17, 15) is 19.2 Å². The summed E-state index contributed by atoms with van der Waals surface area (Å²) in [6.45, 7) is 19.4. The van der Waals surface area contributed by atoms with Crippen LogP contribution in [0.25, 0.3) is 0 Å². The molecule has 47 heavy (non-hydrogen) atoms. The van der Waals surface area contributed by atoms with Crippen LogP contribution in [0, 0.1) is 50.7 Å². The van der Waals surface area contributed by atoms with E-state index in [1.54, 1.807) is 18.5 Å². The zero-order valence-corrected chi connectivity index (χ0v) is 30.0. The molecule has 0 aliphatic heterocycles. The molecule has 6 rings (SSSR count). The fourth-order valence-corrected chi connectivity index (χ4v) is 11.7. The van der Waals surface area contributed by atoms with Gasteiger partial charge in [0.05, 0.1) is 0 Å². The molecule has 1 aromatic heterocycles. The van der Waals surface area contributed by atoms with Crippen molar-refractivity contribution < 1.29 is 29.0 Å². The van der Waals surface area contributed by atoms with Gasteiger partial charge in [-0.15, -0.1) is 0 Å². The number of hydrogen-bond acceptors (Lipinski definition) is 8. The van der Waals surface area contributed by atoms with Crippen molar-refractivity contribution in [3.63, 3.8) is 0 Å². The van der Waals surface area contributed by atoms with Gasteiger partial charge in [-0.2, -0.15) is 0 Å². The summed E-state index contributed by atoms with van der Waals surface area (Å²) in [6.07, 6.45) is 13.4. The number of fused-ring (bicyclic) bond motifs is 7. The van der Waals surface area contributed by atoms with E-state index >= 15 is 0 Å². The van der Waals surface area contributed by atoms with Gasteiger partial charge in [0.1, 0.15) is 5.41 Å². The summed E-state index contributed by atoms with van der Waals surface area (Å²) >= 11 is 0. The van der Waals surface area contributed by atoms with Crippen molar-refractivity contribution in [3.8, 4) is 0 Å². The second kappa shape index (κ2) is 12.4. The highest BCUT2D eigenvalue weighted by molar-refractivity contribution is 6.06. The van der Waals surface area contributed by atoms with Gasteiger partial charge < -0.3 is 0 Å². The standard InChI is InChI=1S/C32H48O5.C6H7N3O/c1-19(2)25-22(34)18-32(27(35)37-36-20(3)33)17-16-30(7)21(26(25)32)10-11-24-29(6)14-9-13-28(4,5)23(29)12-15-31(24,30)8;1-5(10)9-6-7-3-2-4-8-6/h19,21,23-24H,9-18H2,1-8H3;2-4H,1H3,(H,7,8,9,10)/t21-,23+,24-,29+,30-,31-,32-;/m1./s1. The van der Waals surface area contributed by atoms with Crippen molar-refractivity contribution in [1.29, 1.82) is 0 Å². The van der Waals surface area contributed by atoms with Crippen LogP contribution < -0.4 is 5.32 Å². The van der Waals surface area contributed by atoms with E-state index in [2.05, 4.69) is 63.8 Å². The maximum atomic E-state index is 13.6. The number of carbonyl (C=O) groups is 4. The molecule has 258 valence electrons. The SMILES string of the molecule is CC(=O)Nc1ncccn1.CC(=O)OOC(=O)[C@@]12CC[C@]3(C)[C@H](CC[C@@H]4[C@@]5(C)CCCC(C)(C)[C@@H]5CC[C@]43C)C1=C(C(C)C)C(=O)C2. The van der Waals surface area contributed by atoms with Crippen molar-refractivity contribution in [2.45, 2.75) is 127 Å². The van der Waals surface area contributed by atoms with Gasteiger partial charge in [0.25, 0.3) is 0 Å². The summed E-state index contributed by atoms with van der Waals surface area (Å²) < 4.78 is 0. The Balaban J connectivity index is 0.000000371. The normalized spacial score (nSPS) is 36.9. The Kier molecular flexibility index (Phi) is 9.30. The monoisotopic (exact) mass is 649 g/mol. The molecular weight excluding hydrogens is 594 g/mol. The van der Waals surface area contributed by atoms with Gasteiger partial charge in [-0.1, -0.05) is 54.9 Å². The van der Waals surface area contributed by atoms with Crippen LogP contribution in [0.4, 0.5) is 5.95 Å². The van der Waals surface area contributed by atoms with Gasteiger partial charge >= 0.3 is 11.9 Å². The van der Waals surface area contributed by atoms with Gasteiger partial charge in [-0.3, -0.25) is 14.9 Å². The minimum atomic E-state index is -0.993. The molecule has 1 amide bonds. The molecule has 1 heterocycles. The summed E-state index contributed by atoms with van der Waals surface area (Å²) in [4.78, 5) is 66.3. The largest absolute Gasteiger partial charge is 0.366 e. The zero-order valence-electron chi connectivity index (χ0n) is 30.0. The number of ketones is 1. The second-order valence-corrected chi connectivity index (χ2v) is 16.8. The van der Waals surface area contributed by atoms with Crippen LogP contribution in [0.15, 0.2) is 29.6 Å². The molecule has 9 nitrogen and oxygen atoms in total. The highest BCUT2D eigenvalue weighted by Gasteiger charge is 2.70. The molecular formula is C38H55N3O6. The van der Waals surface area contributed by atoms with E-state index in [4.69, 9.17) is 9.78 Å². The van der Waals surface area contributed by atoms with Gasteiger partial charge in [-0.25, -0.2) is 29.3 Å². The van der Waals surface area contributed by atoms with Crippen LogP contribution in [0.3, 0.4) is 0 Å². The van der Waals surface area contributed by atoms with Crippen LogP contribution in [-0.4, -0.2) is 33.6 Å². The average molecular weight is 650 g/mol. The van der Waals surface area contributed by atoms with Crippen LogP contribution in [0.5, 0.6) is 0 Å². The van der Waals surface area contributed by atoms with E-state index < -0.39 is 17.4 Å². The average Bonchev–Trinajstić information content (AvgIpc) is 3.29. The van der Waals surface area contributed by atoms with Crippen LogP contribution >= 0.6 is 0 Å². The highest BCUT2D eigenvalue weighted by Crippen LogP contribution is 2.76. The van der Waals surface area contributed by atoms with E-state index in [0.29, 0.717) is 29.1 Å². The van der Waals surface area contributed by atoms with Gasteiger partial charge in [-0.05, 0) is 114 Å². The summed E-state index contributed by atoms with van der Waals surface area (Å²) in [5.74, 6) is 0.678. The smallest absolute Gasteiger partial charge is 0.295 e. The Bertz CT molecular complexity index is 1450. The van der Waals surface area contributed by atoms with Gasteiger partial charge in [0.2, 0.25) is 11.9 Å². The third-order valence-electron chi connectivity index (χ3n) is 13.7. The van der Waals surface area contributed by atoms with Crippen molar-refractivity contribution in [3.05, 3.63) is 29.6 Å². The van der Waals surface area contributed by atoms with Crippen LogP contribution in [0.2, 0.25) is 0 Å². The maximum Gasteiger partial charge on any atom is 0.366 e. The Labute approximate surface area is 280 Å². The number of nitrogens with one attached hydrogen (secondary N) is 1. The van der Waals surface area contributed by atoms with Crippen molar-refractivity contribution in [2.75, 3.05) is 5.32 Å². The zero-order chi connectivity index (χ0) is 34.6. The first-order valence-corrected chi connectivity index (χ1v) is 17.6. The molecule has 0 radical (unpaired) electrons. The van der Waals surface area contributed by atoms with Gasteiger partial charge in [0.15, 0.2) is 5.78 Å². The molecule has 7 atom stereocenters. The lowest BCUT2D eigenvalue weighted by Gasteiger charge is -2.71. The molecule has 0 spiro atoms. The van der Waals surface area contributed by atoms with Gasteiger partial charge in [0, 0.05) is 32.7 Å². The predicted octanol–water partition coefficient (Wildman–Crippen LogP) is 7.81. The minimum absolute atomic E-state index is 0.0107. The number of Topliss-reactive ketones (excluding diaryl/α,β-unsaturated/α-hetero) is 1. The summed E-state index contributed by atoms with van der Waals surface area (Å²) in [5, 5.41) is 2.44. The lowest BCUT2D eigenvalue weighted by Crippen LogP contribution is -2.64. The lowest BCUT2D eigenvalue weighted by atomic mass is 9.33. The molecule has 5 aliphatic rings. The first-order valence-electron chi connectivity index (χ1n) is 17.6. The number of anilines is 1. The van der Waals surface area contributed by atoms with E-state index in [0.717, 1.165) is 36.3 Å². The number of nitrogens with zero attached hydrogens (tertiary/aromatic N) is 2. The number of amides is 1. The quantitative estimate of drug-likeness (QED) is 0.260. The first kappa shape index (κ1) is 35.2. The Hall–Kier alpha value is -3.10. The fourth-order valence-electron chi connectivity index (χ4n) is 11.7.